The first-order valence-corrected chi connectivity index (χ1v) is 9.18. The summed E-state index contributed by atoms with van der Waals surface area (Å²) < 4.78 is 1.32. The monoisotopic (exact) mass is 433 g/mol. The molecule has 1 amide bonds. The van der Waals surface area contributed by atoms with Crippen molar-refractivity contribution in [2.24, 2.45) is 12.8 Å². The standard InChI is InChI=1S/C17H23N5O2S.2ClH/c1-9-10(2)20-21(4)16(23)13(9)15-19-11(3)14(25-15)17(24)22-7-5-6-12(18)8-22;;/h12H,5-8,18H2,1-4H3;2*1H. The van der Waals surface area contributed by atoms with Crippen molar-refractivity contribution in [3.63, 3.8) is 0 Å². The van der Waals surface area contributed by atoms with Crippen LogP contribution in [0.4, 0.5) is 0 Å². The maximum absolute atomic E-state index is 12.9. The number of amides is 1. The number of likely N-dealkylation sites (tertiary alicyclic amines) is 1. The Bertz CT molecular complexity index is 896. The number of carbonyl (C=O) groups is 1. The molecule has 1 atom stereocenters. The molecular weight excluding hydrogens is 409 g/mol. The van der Waals surface area contributed by atoms with Gasteiger partial charge < -0.3 is 10.6 Å². The third-order valence-corrected chi connectivity index (χ3v) is 5.84. The van der Waals surface area contributed by atoms with Gasteiger partial charge in [0.15, 0.2) is 0 Å². The number of nitrogens with zero attached hydrogens (tertiary/aromatic N) is 4. The van der Waals surface area contributed by atoms with Crippen LogP contribution < -0.4 is 11.3 Å². The van der Waals surface area contributed by atoms with E-state index < -0.39 is 0 Å². The molecule has 27 heavy (non-hydrogen) atoms. The molecule has 0 aliphatic carbocycles. The fourth-order valence-electron chi connectivity index (χ4n) is 3.14. The Balaban J connectivity index is 0.00000182. The van der Waals surface area contributed by atoms with Crippen molar-refractivity contribution in [3.8, 4) is 10.6 Å². The Labute approximate surface area is 174 Å². The average molecular weight is 434 g/mol. The van der Waals surface area contributed by atoms with Gasteiger partial charge in [-0.3, -0.25) is 9.59 Å². The SMILES string of the molecule is Cc1nc(-c2c(C)c(C)nn(C)c2=O)sc1C(=O)N1CCCC(N)C1.Cl.Cl. The molecule has 1 aliphatic heterocycles. The predicted octanol–water partition coefficient (Wildman–Crippen LogP) is 2.24. The van der Waals surface area contributed by atoms with Crippen molar-refractivity contribution in [1.29, 1.82) is 0 Å². The molecule has 0 radical (unpaired) electrons. The predicted molar refractivity (Wildman–Crippen MR) is 112 cm³/mol. The van der Waals surface area contributed by atoms with Gasteiger partial charge in [0, 0.05) is 26.2 Å². The van der Waals surface area contributed by atoms with Crippen molar-refractivity contribution >= 4 is 42.1 Å². The summed E-state index contributed by atoms with van der Waals surface area (Å²) >= 11 is 1.28. The highest BCUT2D eigenvalue weighted by Crippen LogP contribution is 2.30. The Kier molecular flexibility index (Phi) is 7.98. The third kappa shape index (κ3) is 4.51. The van der Waals surface area contributed by atoms with E-state index in [9.17, 15) is 9.59 Å². The fourth-order valence-corrected chi connectivity index (χ4v) is 4.27. The van der Waals surface area contributed by atoms with Crippen molar-refractivity contribution < 1.29 is 4.79 Å². The highest BCUT2D eigenvalue weighted by Gasteiger charge is 2.27. The van der Waals surface area contributed by atoms with E-state index in [1.807, 2.05) is 20.8 Å². The number of halogens is 2. The van der Waals surface area contributed by atoms with E-state index in [0.29, 0.717) is 34.2 Å². The molecular formula is C17H25Cl2N5O2S. The van der Waals surface area contributed by atoms with Gasteiger partial charge in [0.05, 0.1) is 17.0 Å². The average Bonchev–Trinajstić information content (AvgIpc) is 2.94. The normalized spacial score (nSPS) is 16.5. The minimum atomic E-state index is -0.198. The van der Waals surface area contributed by atoms with Crippen LogP contribution in [0.3, 0.4) is 0 Å². The molecule has 2 aromatic rings. The number of thiazole rings is 1. The molecule has 1 aliphatic rings. The van der Waals surface area contributed by atoms with Gasteiger partial charge >= 0.3 is 0 Å². The lowest BCUT2D eigenvalue weighted by molar-refractivity contribution is 0.0713. The molecule has 0 saturated carbocycles. The van der Waals surface area contributed by atoms with E-state index >= 15 is 0 Å². The van der Waals surface area contributed by atoms with E-state index in [0.717, 1.165) is 24.1 Å². The van der Waals surface area contributed by atoms with E-state index in [1.54, 1.807) is 11.9 Å². The van der Waals surface area contributed by atoms with Crippen LogP contribution >= 0.6 is 36.2 Å². The molecule has 7 nitrogen and oxygen atoms in total. The maximum atomic E-state index is 12.9. The minimum Gasteiger partial charge on any atom is -0.336 e. The molecule has 10 heteroatoms. The Morgan fingerprint density at radius 3 is 2.52 bits per heavy atom. The molecule has 0 aromatic carbocycles. The first-order chi connectivity index (χ1) is 11.8. The van der Waals surface area contributed by atoms with Crippen molar-refractivity contribution in [2.45, 2.75) is 39.7 Å². The molecule has 2 N–H and O–H groups in total. The summed E-state index contributed by atoms with van der Waals surface area (Å²) in [6, 6.07) is 0.0304. The van der Waals surface area contributed by atoms with Crippen molar-refractivity contribution in [1.82, 2.24) is 19.7 Å². The molecule has 3 heterocycles. The molecule has 150 valence electrons. The van der Waals surface area contributed by atoms with Gasteiger partial charge in [-0.1, -0.05) is 0 Å². The molecule has 1 unspecified atom stereocenters. The summed E-state index contributed by atoms with van der Waals surface area (Å²) in [5.41, 5.74) is 8.55. The largest absolute Gasteiger partial charge is 0.336 e. The van der Waals surface area contributed by atoms with E-state index in [1.165, 1.54) is 16.0 Å². The van der Waals surface area contributed by atoms with Crippen LogP contribution in [-0.4, -0.2) is 44.7 Å². The zero-order valence-electron chi connectivity index (χ0n) is 15.8. The zero-order valence-corrected chi connectivity index (χ0v) is 18.3. The number of aromatic nitrogens is 3. The van der Waals surface area contributed by atoms with Gasteiger partial charge in [-0.25, -0.2) is 9.67 Å². The topological polar surface area (TPSA) is 94.1 Å². The minimum absolute atomic E-state index is 0. The highest BCUT2D eigenvalue weighted by atomic mass is 35.5. The first kappa shape index (κ1) is 23.6. The van der Waals surface area contributed by atoms with Crippen molar-refractivity contribution in [3.05, 3.63) is 32.2 Å². The lowest BCUT2D eigenvalue weighted by atomic mass is 10.1. The molecule has 1 fully saturated rings. The first-order valence-electron chi connectivity index (χ1n) is 8.36. The van der Waals surface area contributed by atoms with Gasteiger partial charge in [0.1, 0.15) is 9.88 Å². The van der Waals surface area contributed by atoms with Gasteiger partial charge in [0.2, 0.25) is 0 Å². The number of nitrogens with two attached hydrogens (primary N) is 1. The zero-order chi connectivity index (χ0) is 18.3. The van der Waals surface area contributed by atoms with E-state index in [-0.39, 0.29) is 42.3 Å². The lowest BCUT2D eigenvalue weighted by Crippen LogP contribution is -2.45. The van der Waals surface area contributed by atoms with E-state index in [2.05, 4.69) is 10.1 Å². The van der Waals surface area contributed by atoms with Crippen LogP contribution in [0.15, 0.2) is 4.79 Å². The number of piperidine rings is 1. The summed E-state index contributed by atoms with van der Waals surface area (Å²) in [4.78, 5) is 32.3. The number of aryl methyl sites for hydroxylation is 3. The summed E-state index contributed by atoms with van der Waals surface area (Å²) in [6.07, 6.45) is 1.86. The maximum Gasteiger partial charge on any atom is 0.277 e. The van der Waals surface area contributed by atoms with Crippen LogP contribution in [0, 0.1) is 20.8 Å². The van der Waals surface area contributed by atoms with Gasteiger partial charge in [-0.15, -0.1) is 36.2 Å². The summed E-state index contributed by atoms with van der Waals surface area (Å²) in [5, 5.41) is 4.77. The molecule has 3 rings (SSSR count). The number of carbonyl (C=O) groups excluding carboxylic acids is 1. The second-order valence-corrected chi connectivity index (χ2v) is 7.60. The molecule has 0 spiro atoms. The lowest BCUT2D eigenvalue weighted by Gasteiger charge is -2.30. The third-order valence-electron chi connectivity index (χ3n) is 4.68. The molecule has 0 bridgehead atoms. The van der Waals surface area contributed by atoms with Crippen molar-refractivity contribution in [2.75, 3.05) is 13.1 Å². The van der Waals surface area contributed by atoms with Crippen LogP contribution in [-0.2, 0) is 7.05 Å². The molecule has 2 aromatic heterocycles. The van der Waals surface area contributed by atoms with Crippen LogP contribution in [0.2, 0.25) is 0 Å². The second-order valence-electron chi connectivity index (χ2n) is 6.60. The van der Waals surface area contributed by atoms with Crippen LogP contribution in [0.1, 0.15) is 39.5 Å². The van der Waals surface area contributed by atoms with Crippen LogP contribution in [0.25, 0.3) is 10.6 Å². The summed E-state index contributed by atoms with van der Waals surface area (Å²) in [5.74, 6) is -0.0448. The Hall–Kier alpha value is -1.48. The second kappa shape index (κ2) is 9.14. The van der Waals surface area contributed by atoms with E-state index in [4.69, 9.17) is 5.73 Å². The fraction of sp³-hybridized carbons (Fsp3) is 0.529. The smallest absolute Gasteiger partial charge is 0.277 e. The Morgan fingerprint density at radius 1 is 1.22 bits per heavy atom. The summed E-state index contributed by atoms with van der Waals surface area (Å²) in [7, 11) is 1.62. The highest BCUT2D eigenvalue weighted by molar-refractivity contribution is 7.17. The van der Waals surface area contributed by atoms with Gasteiger partial charge in [-0.2, -0.15) is 5.10 Å². The summed E-state index contributed by atoms with van der Waals surface area (Å²) in [6.45, 7) is 6.82. The quantitative estimate of drug-likeness (QED) is 0.783. The number of hydrogen-bond donors (Lipinski definition) is 1. The number of hydrogen-bond acceptors (Lipinski definition) is 6. The van der Waals surface area contributed by atoms with Gasteiger partial charge in [-0.05, 0) is 39.2 Å². The van der Waals surface area contributed by atoms with Gasteiger partial charge in [0.25, 0.3) is 11.5 Å². The Morgan fingerprint density at radius 2 is 1.89 bits per heavy atom. The van der Waals surface area contributed by atoms with Crippen LogP contribution in [0.5, 0.6) is 0 Å². The number of rotatable bonds is 2. The molecule has 1 saturated heterocycles.